The lowest BCUT2D eigenvalue weighted by Gasteiger charge is -2.38. The number of aromatic nitrogens is 2. The lowest BCUT2D eigenvalue weighted by molar-refractivity contribution is 0.0551. The van der Waals surface area contributed by atoms with E-state index in [-0.39, 0.29) is 6.09 Å². The van der Waals surface area contributed by atoms with Crippen LogP contribution in [0.2, 0.25) is 0 Å². The molecule has 7 heteroatoms. The molecule has 2 aliphatic rings. The number of hydrogen-bond acceptors (Lipinski definition) is 5. The second kappa shape index (κ2) is 10.4. The summed E-state index contributed by atoms with van der Waals surface area (Å²) >= 11 is 0. The lowest BCUT2D eigenvalue weighted by Crippen LogP contribution is -2.50. The van der Waals surface area contributed by atoms with E-state index in [1.54, 1.807) is 6.20 Å². The number of ether oxygens (including phenoxy) is 1. The summed E-state index contributed by atoms with van der Waals surface area (Å²) in [6.07, 6.45) is 12.1. The van der Waals surface area contributed by atoms with Crippen molar-refractivity contribution in [3.8, 4) is 5.69 Å². The summed E-state index contributed by atoms with van der Waals surface area (Å²) in [5.41, 5.74) is 3.11. The maximum Gasteiger partial charge on any atom is 0.411 e. The first kappa shape index (κ1) is 23.4. The van der Waals surface area contributed by atoms with E-state index in [4.69, 9.17) is 4.74 Å². The summed E-state index contributed by atoms with van der Waals surface area (Å²) in [5.74, 6) is 0. The number of carbonyl (C=O) groups excluding carboxylic acids is 1. The molecule has 0 radical (unpaired) electrons. The highest BCUT2D eigenvalue weighted by Crippen LogP contribution is 2.26. The van der Waals surface area contributed by atoms with Gasteiger partial charge in [-0.3, -0.25) is 5.32 Å². The maximum atomic E-state index is 12.1. The smallest absolute Gasteiger partial charge is 0.411 e. The first-order valence-electron chi connectivity index (χ1n) is 12.2. The molecule has 33 heavy (non-hydrogen) atoms. The van der Waals surface area contributed by atoms with Crippen LogP contribution in [-0.2, 0) is 4.74 Å². The number of carbonyl (C=O) groups is 1. The van der Waals surface area contributed by atoms with E-state index in [1.807, 2.05) is 43.9 Å². The Morgan fingerprint density at radius 3 is 2.64 bits per heavy atom. The summed E-state index contributed by atoms with van der Waals surface area (Å²) in [5, 5.41) is 11.1. The zero-order chi connectivity index (χ0) is 23.3. The van der Waals surface area contributed by atoms with E-state index in [0.717, 1.165) is 31.6 Å². The van der Waals surface area contributed by atoms with Gasteiger partial charge in [0, 0.05) is 49.5 Å². The van der Waals surface area contributed by atoms with E-state index in [9.17, 15) is 4.79 Å². The number of nitrogens with zero attached hydrogens (tertiary/aromatic N) is 3. The van der Waals surface area contributed by atoms with Crippen LogP contribution < -0.4 is 15.5 Å². The van der Waals surface area contributed by atoms with Crippen LogP contribution >= 0.6 is 0 Å². The lowest BCUT2D eigenvalue weighted by atomic mass is 9.89. The molecule has 2 atom stereocenters. The molecule has 7 nitrogen and oxygen atoms in total. The largest absolute Gasteiger partial charge is 0.444 e. The summed E-state index contributed by atoms with van der Waals surface area (Å²) < 4.78 is 7.26. The summed E-state index contributed by atoms with van der Waals surface area (Å²) in [4.78, 5) is 14.6. The molecule has 1 aromatic heterocycles. The van der Waals surface area contributed by atoms with Gasteiger partial charge in [-0.1, -0.05) is 6.42 Å². The van der Waals surface area contributed by atoms with Gasteiger partial charge in [0.15, 0.2) is 0 Å². The average molecular weight is 452 g/mol. The Kier molecular flexibility index (Phi) is 7.38. The van der Waals surface area contributed by atoms with Gasteiger partial charge in [0.1, 0.15) is 5.60 Å². The Hall–Kier alpha value is -2.80. The van der Waals surface area contributed by atoms with Crippen molar-refractivity contribution < 1.29 is 9.53 Å². The molecule has 1 amide bonds. The minimum Gasteiger partial charge on any atom is -0.444 e. The van der Waals surface area contributed by atoms with Gasteiger partial charge in [-0.15, -0.1) is 0 Å². The number of rotatable bonds is 5. The quantitative estimate of drug-likeness (QED) is 0.684. The molecule has 2 unspecified atom stereocenters. The molecule has 1 aliphatic carbocycles. The van der Waals surface area contributed by atoms with E-state index < -0.39 is 5.60 Å². The van der Waals surface area contributed by atoms with Crippen LogP contribution in [0.25, 0.3) is 5.69 Å². The van der Waals surface area contributed by atoms with Gasteiger partial charge in [-0.25, -0.2) is 9.48 Å². The number of anilines is 1. The topological polar surface area (TPSA) is 71.4 Å². The number of benzene rings is 1. The molecule has 1 aromatic carbocycles. The monoisotopic (exact) mass is 451 g/mol. The van der Waals surface area contributed by atoms with Crippen molar-refractivity contribution in [3.05, 3.63) is 54.5 Å². The van der Waals surface area contributed by atoms with E-state index >= 15 is 0 Å². The molecule has 4 rings (SSSR count). The van der Waals surface area contributed by atoms with Crippen molar-refractivity contribution >= 4 is 11.8 Å². The average Bonchev–Trinajstić information content (AvgIpc) is 3.33. The van der Waals surface area contributed by atoms with Crippen LogP contribution in [-0.4, -0.2) is 46.6 Å². The summed E-state index contributed by atoms with van der Waals surface area (Å²) in [7, 11) is 0. The second-order valence-corrected chi connectivity index (χ2v) is 10.1. The summed E-state index contributed by atoms with van der Waals surface area (Å²) in [6, 6.07) is 11.3. The molecule has 1 saturated heterocycles. The molecule has 0 bridgehead atoms. The molecule has 178 valence electrons. The van der Waals surface area contributed by atoms with E-state index in [2.05, 4.69) is 44.9 Å². The number of hydrogen-bond donors (Lipinski definition) is 2. The van der Waals surface area contributed by atoms with E-state index in [0.29, 0.717) is 12.1 Å². The minimum absolute atomic E-state index is 0.306. The number of alkyl carbamates (subject to hydrolysis) is 1. The number of amides is 1. The Morgan fingerprint density at radius 1 is 1.12 bits per heavy atom. The number of nitrogens with one attached hydrogen (secondary N) is 2. The van der Waals surface area contributed by atoms with Crippen molar-refractivity contribution in [2.24, 2.45) is 0 Å². The molecule has 1 aliphatic heterocycles. The predicted molar refractivity (Wildman–Crippen MR) is 132 cm³/mol. The second-order valence-electron chi connectivity index (χ2n) is 10.1. The van der Waals surface area contributed by atoms with Crippen LogP contribution in [0.5, 0.6) is 0 Å². The van der Waals surface area contributed by atoms with Crippen LogP contribution in [0.15, 0.2) is 54.5 Å². The van der Waals surface area contributed by atoms with Gasteiger partial charge < -0.3 is 15.0 Å². The molecule has 1 saturated carbocycles. The third-order valence-corrected chi connectivity index (χ3v) is 6.27. The van der Waals surface area contributed by atoms with Gasteiger partial charge >= 0.3 is 6.09 Å². The Morgan fingerprint density at radius 2 is 1.91 bits per heavy atom. The number of piperidine rings is 1. The fraction of sp³-hybridized carbons (Fsp3) is 0.538. The third-order valence-electron chi connectivity index (χ3n) is 6.27. The molecule has 2 heterocycles. The van der Waals surface area contributed by atoms with Gasteiger partial charge in [-0.2, -0.15) is 5.10 Å². The fourth-order valence-electron chi connectivity index (χ4n) is 4.73. The van der Waals surface area contributed by atoms with Crippen LogP contribution in [0.3, 0.4) is 0 Å². The highest BCUT2D eigenvalue weighted by atomic mass is 16.6. The molecular formula is C26H37N5O2. The minimum atomic E-state index is -0.491. The molecular weight excluding hydrogens is 414 g/mol. The van der Waals surface area contributed by atoms with Crippen molar-refractivity contribution in [2.45, 2.75) is 77.0 Å². The van der Waals surface area contributed by atoms with E-state index in [1.165, 1.54) is 36.9 Å². The van der Waals surface area contributed by atoms with Crippen molar-refractivity contribution in [3.63, 3.8) is 0 Å². The molecule has 2 fully saturated rings. The molecule has 2 N–H and O–H groups in total. The zero-order valence-corrected chi connectivity index (χ0v) is 20.1. The first-order valence-corrected chi connectivity index (χ1v) is 12.2. The normalized spacial score (nSPS) is 22.9. The first-order chi connectivity index (χ1) is 15.9. The van der Waals surface area contributed by atoms with Crippen LogP contribution in [0.1, 0.15) is 59.3 Å². The van der Waals surface area contributed by atoms with Gasteiger partial charge in [0.05, 0.1) is 5.69 Å². The standard InChI is InChI=1S/C26H37N5O2/c1-26(2,3)33-25(32)27-18-20-8-4-5-10-24(20)29-21-9-6-16-30(19-21)22-11-13-23(14-12-22)31-17-7-15-28-31/h7,11-15,17-18,21,24,29H,4-6,8-10,16,19H2,1-3H3,(H,27,32)/b20-18+. The zero-order valence-electron chi connectivity index (χ0n) is 20.1. The Balaban J connectivity index is 1.35. The van der Waals surface area contributed by atoms with Crippen molar-refractivity contribution in [1.82, 2.24) is 20.4 Å². The maximum absolute atomic E-state index is 12.1. The highest BCUT2D eigenvalue weighted by molar-refractivity contribution is 5.69. The predicted octanol–water partition coefficient (Wildman–Crippen LogP) is 4.78. The highest BCUT2D eigenvalue weighted by Gasteiger charge is 2.26. The Bertz CT molecular complexity index is 931. The van der Waals surface area contributed by atoms with Crippen LogP contribution in [0, 0.1) is 0 Å². The molecule has 2 aromatic rings. The molecule has 0 spiro atoms. The van der Waals surface area contributed by atoms with Gasteiger partial charge in [0.2, 0.25) is 0 Å². The van der Waals surface area contributed by atoms with Gasteiger partial charge in [0.25, 0.3) is 0 Å². The third kappa shape index (κ3) is 6.60. The fourth-order valence-corrected chi connectivity index (χ4v) is 4.73. The van der Waals surface area contributed by atoms with Crippen molar-refractivity contribution in [1.29, 1.82) is 0 Å². The van der Waals surface area contributed by atoms with Crippen molar-refractivity contribution in [2.75, 3.05) is 18.0 Å². The van der Waals surface area contributed by atoms with Gasteiger partial charge in [-0.05, 0) is 88.8 Å². The summed E-state index contributed by atoms with van der Waals surface area (Å²) in [6.45, 7) is 7.70. The Labute approximate surface area is 197 Å². The van der Waals surface area contributed by atoms with Crippen LogP contribution in [0.4, 0.5) is 10.5 Å². The SMILES string of the molecule is CC(C)(C)OC(=O)N/C=C1\CCCCC1NC1CCCN(c2ccc(-n3cccn3)cc2)C1.